The van der Waals surface area contributed by atoms with E-state index in [1.54, 1.807) is 19.2 Å². The van der Waals surface area contributed by atoms with Gasteiger partial charge in [-0.3, -0.25) is 4.79 Å². The Hall–Kier alpha value is -1.88. The van der Waals surface area contributed by atoms with Crippen LogP contribution in [0.3, 0.4) is 0 Å². The molecule has 0 aliphatic carbocycles. The second kappa shape index (κ2) is 6.72. The number of halogens is 2. The van der Waals surface area contributed by atoms with E-state index in [1.807, 2.05) is 25.1 Å². The van der Waals surface area contributed by atoms with E-state index < -0.39 is 11.7 Å². The summed E-state index contributed by atoms with van der Waals surface area (Å²) in [5, 5.41) is 2.78. The van der Waals surface area contributed by atoms with Crippen LogP contribution >= 0.6 is 15.9 Å². The van der Waals surface area contributed by atoms with E-state index in [-0.39, 0.29) is 11.6 Å². The van der Waals surface area contributed by atoms with Gasteiger partial charge in [-0.25, -0.2) is 4.39 Å². The van der Waals surface area contributed by atoms with E-state index >= 15 is 0 Å². The molecule has 0 bridgehead atoms. The molecule has 5 heteroatoms. The molecule has 0 spiro atoms. The maximum absolute atomic E-state index is 13.6. The second-order valence-corrected chi connectivity index (χ2v) is 5.42. The van der Waals surface area contributed by atoms with Crippen LogP contribution in [-0.4, -0.2) is 13.0 Å². The lowest BCUT2D eigenvalue weighted by Crippen LogP contribution is -2.27. The van der Waals surface area contributed by atoms with Gasteiger partial charge in [-0.1, -0.05) is 18.2 Å². The first-order chi connectivity index (χ1) is 10.0. The van der Waals surface area contributed by atoms with Crippen LogP contribution in [0.1, 0.15) is 28.9 Å². The van der Waals surface area contributed by atoms with Gasteiger partial charge in [0.25, 0.3) is 5.91 Å². The molecule has 0 radical (unpaired) electrons. The number of carbonyl (C=O) groups is 1. The summed E-state index contributed by atoms with van der Waals surface area (Å²) in [7, 11) is 1.59. The molecule has 110 valence electrons. The molecule has 21 heavy (non-hydrogen) atoms. The van der Waals surface area contributed by atoms with Gasteiger partial charge in [0.2, 0.25) is 0 Å². The Bertz CT molecular complexity index is 660. The van der Waals surface area contributed by atoms with Gasteiger partial charge in [0.15, 0.2) is 0 Å². The third-order valence-electron chi connectivity index (χ3n) is 3.14. The summed E-state index contributed by atoms with van der Waals surface area (Å²) in [6, 6.07) is 11.2. The molecule has 1 atom stereocenters. The number of amides is 1. The Morgan fingerprint density at radius 3 is 2.62 bits per heavy atom. The van der Waals surface area contributed by atoms with E-state index in [2.05, 4.69) is 21.2 Å². The molecule has 0 aromatic heterocycles. The standard InChI is InChI=1S/C16H15BrFNO2/c1-10(11-7-8-15(21-2)13(17)9-11)19-16(20)12-5-3-4-6-14(12)18/h3-10H,1-2H3,(H,19,20). The minimum atomic E-state index is -0.530. The summed E-state index contributed by atoms with van der Waals surface area (Å²) in [6.45, 7) is 1.84. The number of nitrogens with one attached hydrogen (secondary N) is 1. The minimum absolute atomic E-state index is 0.0388. The Morgan fingerprint density at radius 1 is 1.29 bits per heavy atom. The van der Waals surface area contributed by atoms with Crippen LogP contribution in [0, 0.1) is 5.82 Å². The van der Waals surface area contributed by atoms with Crippen LogP contribution in [0.5, 0.6) is 5.75 Å². The van der Waals surface area contributed by atoms with E-state index in [0.717, 1.165) is 10.0 Å². The normalized spacial score (nSPS) is 11.8. The fraction of sp³-hybridized carbons (Fsp3) is 0.188. The summed E-state index contributed by atoms with van der Waals surface area (Å²) < 4.78 is 19.5. The fourth-order valence-electron chi connectivity index (χ4n) is 1.96. The monoisotopic (exact) mass is 351 g/mol. The van der Waals surface area contributed by atoms with Crippen LogP contribution in [0.4, 0.5) is 4.39 Å². The Balaban J connectivity index is 2.14. The van der Waals surface area contributed by atoms with Gasteiger partial charge in [0.05, 0.1) is 23.2 Å². The van der Waals surface area contributed by atoms with Crippen molar-refractivity contribution in [1.82, 2.24) is 5.32 Å². The first-order valence-electron chi connectivity index (χ1n) is 6.41. The van der Waals surface area contributed by atoms with Gasteiger partial charge in [0.1, 0.15) is 11.6 Å². The van der Waals surface area contributed by atoms with Gasteiger partial charge in [-0.2, -0.15) is 0 Å². The molecule has 2 aromatic carbocycles. The van der Waals surface area contributed by atoms with Crippen molar-refractivity contribution in [2.45, 2.75) is 13.0 Å². The highest BCUT2D eigenvalue weighted by Crippen LogP contribution is 2.28. The molecule has 3 nitrogen and oxygen atoms in total. The summed E-state index contributed by atoms with van der Waals surface area (Å²) >= 11 is 3.40. The summed E-state index contributed by atoms with van der Waals surface area (Å²) in [5.74, 6) is -0.253. The highest BCUT2D eigenvalue weighted by Gasteiger charge is 2.15. The van der Waals surface area contributed by atoms with E-state index in [0.29, 0.717) is 5.75 Å². The largest absolute Gasteiger partial charge is 0.496 e. The average molecular weight is 352 g/mol. The number of rotatable bonds is 4. The van der Waals surface area contributed by atoms with Crippen molar-refractivity contribution in [3.63, 3.8) is 0 Å². The number of methoxy groups -OCH3 is 1. The van der Waals surface area contributed by atoms with E-state index in [9.17, 15) is 9.18 Å². The van der Waals surface area contributed by atoms with Crippen LogP contribution in [0.2, 0.25) is 0 Å². The summed E-state index contributed by atoms with van der Waals surface area (Å²) in [6.07, 6.45) is 0. The number of hydrogen-bond acceptors (Lipinski definition) is 2. The van der Waals surface area contributed by atoms with Crippen LogP contribution in [0.15, 0.2) is 46.9 Å². The predicted molar refractivity (Wildman–Crippen MR) is 83.0 cm³/mol. The third-order valence-corrected chi connectivity index (χ3v) is 3.76. The van der Waals surface area contributed by atoms with Crippen molar-refractivity contribution in [2.75, 3.05) is 7.11 Å². The molecular formula is C16H15BrFNO2. The Kier molecular flexibility index (Phi) is 4.96. The molecule has 0 saturated heterocycles. The first kappa shape index (κ1) is 15.5. The topological polar surface area (TPSA) is 38.3 Å². The van der Waals surface area contributed by atoms with Crippen molar-refractivity contribution < 1.29 is 13.9 Å². The van der Waals surface area contributed by atoms with E-state index in [1.165, 1.54) is 12.1 Å². The zero-order valence-corrected chi connectivity index (χ0v) is 13.3. The van der Waals surface area contributed by atoms with Crippen LogP contribution in [-0.2, 0) is 0 Å². The molecule has 0 saturated carbocycles. The number of hydrogen-bond donors (Lipinski definition) is 1. The molecule has 0 fully saturated rings. The van der Waals surface area contributed by atoms with Gasteiger partial charge in [-0.15, -0.1) is 0 Å². The van der Waals surface area contributed by atoms with Crippen LogP contribution in [0.25, 0.3) is 0 Å². The molecule has 1 N–H and O–H groups in total. The molecule has 1 amide bonds. The summed E-state index contributed by atoms with van der Waals surface area (Å²) in [5.41, 5.74) is 0.935. The van der Waals surface area contributed by atoms with Gasteiger partial charge >= 0.3 is 0 Å². The zero-order chi connectivity index (χ0) is 15.4. The van der Waals surface area contributed by atoms with Crippen molar-refractivity contribution in [2.24, 2.45) is 0 Å². The highest BCUT2D eigenvalue weighted by atomic mass is 79.9. The van der Waals surface area contributed by atoms with Gasteiger partial charge in [-0.05, 0) is 52.7 Å². The van der Waals surface area contributed by atoms with Gasteiger partial charge < -0.3 is 10.1 Å². The van der Waals surface area contributed by atoms with Crippen molar-refractivity contribution in [3.05, 3.63) is 63.9 Å². The highest BCUT2D eigenvalue weighted by molar-refractivity contribution is 9.10. The van der Waals surface area contributed by atoms with Crippen molar-refractivity contribution in [1.29, 1.82) is 0 Å². The SMILES string of the molecule is COc1ccc(C(C)NC(=O)c2ccccc2F)cc1Br. The van der Waals surface area contributed by atoms with Crippen molar-refractivity contribution >= 4 is 21.8 Å². The maximum Gasteiger partial charge on any atom is 0.254 e. The molecular weight excluding hydrogens is 337 g/mol. The van der Waals surface area contributed by atoms with Gasteiger partial charge in [0, 0.05) is 0 Å². The molecule has 0 heterocycles. The number of carbonyl (C=O) groups excluding carboxylic acids is 1. The maximum atomic E-state index is 13.6. The quantitative estimate of drug-likeness (QED) is 0.900. The van der Waals surface area contributed by atoms with Crippen LogP contribution < -0.4 is 10.1 Å². The molecule has 0 aliphatic heterocycles. The second-order valence-electron chi connectivity index (χ2n) is 4.57. The zero-order valence-electron chi connectivity index (χ0n) is 11.7. The molecule has 2 rings (SSSR count). The third kappa shape index (κ3) is 3.61. The molecule has 1 unspecified atom stereocenters. The lowest BCUT2D eigenvalue weighted by Gasteiger charge is -2.16. The molecule has 2 aromatic rings. The first-order valence-corrected chi connectivity index (χ1v) is 7.21. The smallest absolute Gasteiger partial charge is 0.254 e. The Labute approximate surface area is 131 Å². The number of ether oxygens (including phenoxy) is 1. The fourth-order valence-corrected chi connectivity index (χ4v) is 2.51. The predicted octanol–water partition coefficient (Wildman–Crippen LogP) is 4.09. The van der Waals surface area contributed by atoms with Crippen molar-refractivity contribution in [3.8, 4) is 5.75 Å². The minimum Gasteiger partial charge on any atom is -0.496 e. The lowest BCUT2D eigenvalue weighted by molar-refractivity contribution is 0.0936. The summed E-state index contributed by atoms with van der Waals surface area (Å²) in [4.78, 5) is 12.1. The number of benzene rings is 2. The average Bonchev–Trinajstić information content (AvgIpc) is 2.47. The lowest BCUT2D eigenvalue weighted by atomic mass is 10.1. The Morgan fingerprint density at radius 2 is 2.00 bits per heavy atom. The van der Waals surface area contributed by atoms with E-state index in [4.69, 9.17) is 4.74 Å². The molecule has 0 aliphatic rings.